The summed E-state index contributed by atoms with van der Waals surface area (Å²) in [4.78, 5) is 8.34. The van der Waals surface area contributed by atoms with Crippen LogP contribution in [-0.4, -0.2) is 17.1 Å². The molecule has 0 saturated heterocycles. The summed E-state index contributed by atoms with van der Waals surface area (Å²) in [6, 6.07) is 6.20. The van der Waals surface area contributed by atoms with Crippen LogP contribution in [0.2, 0.25) is 10.3 Å². The van der Waals surface area contributed by atoms with Crippen molar-refractivity contribution in [2.24, 2.45) is 0 Å². The van der Waals surface area contributed by atoms with E-state index in [1.807, 2.05) is 6.92 Å². The van der Waals surface area contributed by atoms with Gasteiger partial charge in [-0.3, -0.25) is 0 Å². The second kappa shape index (κ2) is 6.48. The van der Waals surface area contributed by atoms with Crippen LogP contribution in [0.25, 0.3) is 11.1 Å². The third-order valence-corrected chi connectivity index (χ3v) is 3.47. The van der Waals surface area contributed by atoms with Gasteiger partial charge in [-0.25, -0.2) is 14.4 Å². The molecule has 0 N–H and O–H groups in total. The Labute approximate surface area is 126 Å². The van der Waals surface area contributed by atoms with Crippen molar-refractivity contribution in [3.8, 4) is 11.1 Å². The summed E-state index contributed by atoms with van der Waals surface area (Å²) in [5.41, 5.74) is 0.570. The van der Waals surface area contributed by atoms with Gasteiger partial charge in [0.2, 0.25) is 0 Å². The van der Waals surface area contributed by atoms with Gasteiger partial charge in [0.1, 0.15) is 22.2 Å². The highest BCUT2D eigenvalue weighted by Gasteiger charge is 2.20. The van der Waals surface area contributed by atoms with E-state index >= 15 is 0 Å². The summed E-state index contributed by atoms with van der Waals surface area (Å²) in [7, 11) is 1.56. The number of hydrogen-bond acceptors (Lipinski definition) is 3. The van der Waals surface area contributed by atoms with Crippen molar-refractivity contribution in [3.05, 3.63) is 46.2 Å². The molecule has 1 atom stereocenters. The molecule has 2 rings (SSSR count). The molecule has 0 aliphatic heterocycles. The second-order valence-electron chi connectivity index (χ2n) is 4.15. The second-order valence-corrected chi connectivity index (χ2v) is 4.87. The molecule has 0 aliphatic carbocycles. The maximum atomic E-state index is 13.8. The summed E-state index contributed by atoms with van der Waals surface area (Å²) >= 11 is 12.3. The third kappa shape index (κ3) is 2.92. The molecule has 0 radical (unpaired) electrons. The molecule has 0 amide bonds. The lowest BCUT2D eigenvalue weighted by Gasteiger charge is -2.14. The molecule has 6 heteroatoms. The summed E-state index contributed by atoms with van der Waals surface area (Å²) in [5, 5.41) is 0.223. The first-order valence-corrected chi connectivity index (χ1v) is 6.84. The first-order chi connectivity index (χ1) is 9.58. The minimum absolute atomic E-state index is 0.112. The van der Waals surface area contributed by atoms with E-state index in [0.29, 0.717) is 17.8 Å². The fourth-order valence-electron chi connectivity index (χ4n) is 1.91. The Kier molecular flexibility index (Phi) is 4.91. The Balaban J connectivity index is 2.55. The predicted octanol–water partition coefficient (Wildman–Crippen LogP) is 4.69. The molecular weight excluding hydrogens is 302 g/mol. The highest BCUT2D eigenvalue weighted by Crippen LogP contribution is 2.35. The Morgan fingerprint density at radius 2 is 1.80 bits per heavy atom. The summed E-state index contributed by atoms with van der Waals surface area (Å²) in [5.74, 6) is -0.0310. The maximum Gasteiger partial charge on any atom is 0.160 e. The molecule has 1 aromatic carbocycles. The molecular formula is C14H13Cl2FN2O. The zero-order valence-corrected chi connectivity index (χ0v) is 12.5. The van der Waals surface area contributed by atoms with Crippen LogP contribution >= 0.6 is 23.2 Å². The average molecular weight is 315 g/mol. The van der Waals surface area contributed by atoms with Crippen LogP contribution in [-0.2, 0) is 4.74 Å². The van der Waals surface area contributed by atoms with Gasteiger partial charge in [-0.2, -0.15) is 0 Å². The first-order valence-electron chi connectivity index (χ1n) is 6.09. The molecule has 1 unspecified atom stereocenters. The van der Waals surface area contributed by atoms with Crippen LogP contribution in [0.3, 0.4) is 0 Å². The SMILES string of the molecule is CCC(OC)c1nc(Cl)c(-c2ccccc2F)c(Cl)n1. The van der Waals surface area contributed by atoms with E-state index in [9.17, 15) is 4.39 Å². The molecule has 20 heavy (non-hydrogen) atoms. The number of benzene rings is 1. The molecule has 2 aromatic rings. The largest absolute Gasteiger partial charge is 0.373 e. The van der Waals surface area contributed by atoms with Crippen LogP contribution < -0.4 is 0 Å². The average Bonchev–Trinajstić information content (AvgIpc) is 2.41. The Morgan fingerprint density at radius 3 is 2.30 bits per heavy atom. The van der Waals surface area contributed by atoms with Crippen molar-refractivity contribution in [2.75, 3.05) is 7.11 Å². The zero-order valence-electron chi connectivity index (χ0n) is 11.0. The molecule has 0 saturated carbocycles. The van der Waals surface area contributed by atoms with Gasteiger partial charge in [0.25, 0.3) is 0 Å². The minimum Gasteiger partial charge on any atom is -0.373 e. The van der Waals surface area contributed by atoms with Gasteiger partial charge in [0, 0.05) is 12.7 Å². The highest BCUT2D eigenvalue weighted by molar-refractivity contribution is 6.37. The van der Waals surface area contributed by atoms with Gasteiger partial charge in [0.05, 0.1) is 5.56 Å². The smallest absolute Gasteiger partial charge is 0.160 e. The molecule has 3 nitrogen and oxygen atoms in total. The van der Waals surface area contributed by atoms with E-state index in [-0.39, 0.29) is 22.0 Å². The topological polar surface area (TPSA) is 35.0 Å². The standard InChI is InChI=1S/C14H13Cl2FN2O/c1-3-10(20-2)14-18-12(15)11(13(16)19-14)8-6-4-5-7-9(8)17/h4-7,10H,3H2,1-2H3. The fourth-order valence-corrected chi connectivity index (χ4v) is 2.51. The lowest BCUT2D eigenvalue weighted by molar-refractivity contribution is 0.0926. The van der Waals surface area contributed by atoms with Crippen molar-refractivity contribution in [1.82, 2.24) is 9.97 Å². The molecule has 106 valence electrons. The first kappa shape index (κ1) is 15.2. The molecule has 1 aromatic heterocycles. The Morgan fingerprint density at radius 1 is 1.20 bits per heavy atom. The van der Waals surface area contributed by atoms with Crippen LogP contribution in [0.1, 0.15) is 25.3 Å². The number of hydrogen-bond donors (Lipinski definition) is 0. The van der Waals surface area contributed by atoms with E-state index in [1.54, 1.807) is 25.3 Å². The van der Waals surface area contributed by atoms with E-state index < -0.39 is 5.82 Å². The Bertz CT molecular complexity index is 595. The molecule has 0 fully saturated rings. The molecule has 0 bridgehead atoms. The zero-order chi connectivity index (χ0) is 14.7. The van der Waals surface area contributed by atoms with Gasteiger partial charge in [-0.15, -0.1) is 0 Å². The fraction of sp³-hybridized carbons (Fsp3) is 0.286. The van der Waals surface area contributed by atoms with Crippen molar-refractivity contribution in [3.63, 3.8) is 0 Å². The van der Waals surface area contributed by atoms with Gasteiger partial charge in [-0.05, 0) is 12.5 Å². The predicted molar refractivity (Wildman–Crippen MR) is 77.5 cm³/mol. The van der Waals surface area contributed by atoms with Crippen molar-refractivity contribution < 1.29 is 9.13 Å². The van der Waals surface area contributed by atoms with Crippen LogP contribution in [0.4, 0.5) is 4.39 Å². The van der Waals surface area contributed by atoms with Crippen molar-refractivity contribution in [2.45, 2.75) is 19.4 Å². The molecule has 0 aliphatic rings. The number of aromatic nitrogens is 2. The van der Waals surface area contributed by atoms with Crippen molar-refractivity contribution >= 4 is 23.2 Å². The van der Waals surface area contributed by atoms with Gasteiger partial charge in [0.15, 0.2) is 5.82 Å². The van der Waals surface area contributed by atoms with Gasteiger partial charge >= 0.3 is 0 Å². The van der Waals surface area contributed by atoms with Gasteiger partial charge < -0.3 is 4.74 Å². The van der Waals surface area contributed by atoms with E-state index in [1.165, 1.54) is 6.07 Å². The molecule has 1 heterocycles. The van der Waals surface area contributed by atoms with Crippen molar-refractivity contribution in [1.29, 1.82) is 0 Å². The van der Waals surface area contributed by atoms with Crippen LogP contribution in [0.15, 0.2) is 24.3 Å². The number of ether oxygens (including phenoxy) is 1. The quantitative estimate of drug-likeness (QED) is 0.768. The number of nitrogens with zero attached hydrogens (tertiary/aromatic N) is 2. The number of rotatable bonds is 4. The van der Waals surface area contributed by atoms with Crippen LogP contribution in [0.5, 0.6) is 0 Å². The molecule has 0 spiro atoms. The minimum atomic E-state index is -0.425. The Hall–Kier alpha value is -1.23. The third-order valence-electron chi connectivity index (χ3n) is 2.92. The summed E-state index contributed by atoms with van der Waals surface area (Å²) < 4.78 is 19.1. The number of methoxy groups -OCH3 is 1. The van der Waals surface area contributed by atoms with Gasteiger partial charge in [-0.1, -0.05) is 48.3 Å². The number of halogens is 3. The summed E-state index contributed by atoms with van der Waals surface area (Å²) in [6.07, 6.45) is 0.391. The lowest BCUT2D eigenvalue weighted by atomic mass is 10.1. The summed E-state index contributed by atoms with van der Waals surface area (Å²) in [6.45, 7) is 1.93. The lowest BCUT2D eigenvalue weighted by Crippen LogP contribution is -2.07. The maximum absolute atomic E-state index is 13.8. The van der Waals surface area contributed by atoms with E-state index in [2.05, 4.69) is 9.97 Å². The monoisotopic (exact) mass is 314 g/mol. The van der Waals surface area contributed by atoms with E-state index in [0.717, 1.165) is 0 Å². The van der Waals surface area contributed by atoms with E-state index in [4.69, 9.17) is 27.9 Å². The van der Waals surface area contributed by atoms with Crippen LogP contribution in [0, 0.1) is 5.82 Å². The normalized spacial score (nSPS) is 12.4. The highest BCUT2D eigenvalue weighted by atomic mass is 35.5.